The van der Waals surface area contributed by atoms with Crippen molar-refractivity contribution in [1.82, 2.24) is 0 Å². The molecule has 1 heteroatoms. The Morgan fingerprint density at radius 3 is 1.60 bits per heavy atom. The number of hydrogen-bond acceptors (Lipinski definition) is 1. The van der Waals surface area contributed by atoms with E-state index in [2.05, 4.69) is 103 Å². The number of hydrogen-bond donors (Lipinski definition) is 0. The molecule has 0 N–H and O–H groups in total. The molecular weight excluding hydrogens is 663 g/mol. The Labute approximate surface area is 327 Å². The molecule has 0 saturated heterocycles. The van der Waals surface area contributed by atoms with Gasteiger partial charge in [-0.1, -0.05) is 188 Å². The lowest BCUT2D eigenvalue weighted by atomic mass is 9.90. The van der Waals surface area contributed by atoms with E-state index in [0.29, 0.717) is 5.56 Å². The first kappa shape index (κ1) is 28.3. The molecule has 0 aliphatic rings. The summed E-state index contributed by atoms with van der Waals surface area (Å²) in [6, 6.07) is 67.5. The number of benzene rings is 10. The summed E-state index contributed by atoms with van der Waals surface area (Å²) in [5, 5.41) is 6.71. The van der Waals surface area contributed by atoms with Crippen LogP contribution in [0.5, 0.6) is 0 Å². The summed E-state index contributed by atoms with van der Waals surface area (Å²) in [6.07, 6.45) is 0. The molecule has 1 nitrogen and oxygen atoms in total. The predicted octanol–water partition coefficient (Wildman–Crippen LogP) is 15.3. The predicted molar refractivity (Wildman–Crippen MR) is 235 cm³/mol. The highest BCUT2D eigenvalue weighted by Gasteiger charge is 2.16. The van der Waals surface area contributed by atoms with E-state index >= 15 is 0 Å². The van der Waals surface area contributed by atoms with Gasteiger partial charge in [-0.05, 0) is 113 Å². The highest BCUT2D eigenvalue weighted by molar-refractivity contribution is 6.04. The topological polar surface area (TPSA) is 3.24 Å². The lowest BCUT2D eigenvalue weighted by Crippen LogP contribution is -2.09. The van der Waals surface area contributed by atoms with Gasteiger partial charge in [-0.2, -0.15) is 0 Å². The lowest BCUT2D eigenvalue weighted by Gasteiger charge is -2.26. The molecule has 0 atom stereocenters. The molecule has 0 radical (unpaired) electrons. The van der Waals surface area contributed by atoms with Crippen LogP contribution >= 0.6 is 0 Å². The molecule has 0 saturated carbocycles. The van der Waals surface area contributed by atoms with E-state index in [4.69, 9.17) is 0 Å². The van der Waals surface area contributed by atoms with Gasteiger partial charge in [-0.25, -0.2) is 0 Å². The molecule has 0 fully saturated rings. The van der Waals surface area contributed by atoms with Gasteiger partial charge >= 0.3 is 0 Å². The smallest absolute Gasteiger partial charge is 0.0645 e. The minimum Gasteiger partial charge on any atom is -0.310 e. The van der Waals surface area contributed by atoms with E-state index in [0.717, 1.165) is 66.3 Å². The maximum Gasteiger partial charge on any atom is 0.0645 e. The zero-order chi connectivity index (χ0) is 40.0. The second-order valence-corrected chi connectivity index (χ2v) is 13.8. The molecule has 10 rings (SSSR count). The molecule has 55 heavy (non-hydrogen) atoms. The fourth-order valence-electron chi connectivity index (χ4n) is 7.80. The van der Waals surface area contributed by atoms with E-state index in [1.807, 2.05) is 102 Å². The monoisotopic (exact) mass is 703 g/mol. The fraction of sp³-hybridized carbons (Fsp3) is 0. The van der Waals surface area contributed by atoms with Crippen molar-refractivity contribution in [2.24, 2.45) is 0 Å². The highest BCUT2D eigenvalue weighted by Crippen LogP contribution is 2.41. The molecule has 0 aromatic heterocycles. The zero-order valence-corrected chi connectivity index (χ0v) is 30.0. The van der Waals surface area contributed by atoms with Gasteiger partial charge in [0.2, 0.25) is 0 Å². The number of nitrogens with zero attached hydrogens (tertiary/aromatic N) is 1. The van der Waals surface area contributed by atoms with E-state index in [1.165, 1.54) is 10.8 Å². The largest absolute Gasteiger partial charge is 0.310 e. The molecule has 10 aromatic rings. The maximum atomic E-state index is 9.53. The summed E-state index contributed by atoms with van der Waals surface area (Å²) in [5.74, 6) is 0. The first-order valence-corrected chi connectivity index (χ1v) is 18.6. The van der Waals surface area contributed by atoms with Crippen LogP contribution in [0, 0.1) is 0 Å². The molecule has 10 aromatic carbocycles. The van der Waals surface area contributed by atoms with Crippen molar-refractivity contribution in [3.63, 3.8) is 0 Å². The molecule has 0 heterocycles. The van der Waals surface area contributed by atoms with Crippen molar-refractivity contribution in [1.29, 1.82) is 0 Å². The minimum atomic E-state index is -0.114. The van der Waals surface area contributed by atoms with Gasteiger partial charge in [-0.15, -0.1) is 0 Å². The van der Waals surface area contributed by atoms with Crippen LogP contribution < -0.4 is 4.90 Å². The SMILES string of the molecule is [2H]c1c([2H])c(N(c2ccc(-c3ccc4ccccc4c3-c3ccccc3)cc2)c2ccc3ccccc3c2)c([2H])c([2H])c1-c1ccc(-c2cccc3ccccc23)cc1. The van der Waals surface area contributed by atoms with Crippen molar-refractivity contribution >= 4 is 49.4 Å². The van der Waals surface area contributed by atoms with Crippen LogP contribution in [0.15, 0.2) is 224 Å². The Morgan fingerprint density at radius 1 is 0.291 bits per heavy atom. The normalized spacial score (nSPS) is 12.3. The van der Waals surface area contributed by atoms with Gasteiger partial charge in [0.1, 0.15) is 0 Å². The van der Waals surface area contributed by atoms with E-state index in [1.54, 1.807) is 0 Å². The van der Waals surface area contributed by atoms with Gasteiger partial charge in [0.25, 0.3) is 0 Å². The summed E-state index contributed by atoms with van der Waals surface area (Å²) >= 11 is 0. The standard InChI is InChI=1S/C54H37N/c1-2-14-45(15-3-1)54-52-19-9-7-13-42(52)30-36-53(54)44-28-33-48(34-29-44)55(49-35-27-38-11-4-5-16-46(38)37-49)47-31-25-40(26-32-47)39-21-23-43(24-22-39)51-20-10-17-41-12-6-8-18-50(41)51/h1-37H/i25D,26D,31D,32D. The second-order valence-electron chi connectivity index (χ2n) is 13.8. The summed E-state index contributed by atoms with van der Waals surface area (Å²) in [4.78, 5) is 1.86. The number of fused-ring (bicyclic) bond motifs is 3. The molecule has 0 bridgehead atoms. The molecule has 0 spiro atoms. The van der Waals surface area contributed by atoms with E-state index < -0.39 is 0 Å². The Balaban J connectivity index is 1.10. The first-order chi connectivity index (χ1) is 28.9. The molecule has 0 aliphatic heterocycles. The van der Waals surface area contributed by atoms with Crippen LogP contribution in [-0.4, -0.2) is 0 Å². The van der Waals surface area contributed by atoms with Crippen LogP contribution in [0.25, 0.3) is 76.8 Å². The molecule has 0 aliphatic carbocycles. The highest BCUT2D eigenvalue weighted by atomic mass is 15.1. The zero-order valence-electron chi connectivity index (χ0n) is 34.0. The van der Waals surface area contributed by atoms with Crippen molar-refractivity contribution < 1.29 is 5.48 Å². The van der Waals surface area contributed by atoms with Crippen LogP contribution in [-0.2, 0) is 0 Å². The molecule has 0 unspecified atom stereocenters. The van der Waals surface area contributed by atoms with Crippen LogP contribution in [0.4, 0.5) is 17.1 Å². The quantitative estimate of drug-likeness (QED) is 0.160. The van der Waals surface area contributed by atoms with Crippen molar-refractivity contribution in [3.05, 3.63) is 224 Å². The van der Waals surface area contributed by atoms with Gasteiger partial charge in [0, 0.05) is 17.1 Å². The van der Waals surface area contributed by atoms with Gasteiger partial charge in [0.05, 0.1) is 5.48 Å². The second kappa shape index (κ2) is 14.0. The Kier molecular flexibility index (Phi) is 7.19. The molecule has 0 amide bonds. The summed E-state index contributed by atoms with van der Waals surface area (Å²) in [6.45, 7) is 0. The average molecular weight is 704 g/mol. The average Bonchev–Trinajstić information content (AvgIpc) is 3.30. The van der Waals surface area contributed by atoms with Crippen molar-refractivity contribution in [2.45, 2.75) is 0 Å². The van der Waals surface area contributed by atoms with Crippen molar-refractivity contribution in [3.8, 4) is 44.5 Å². The number of rotatable bonds is 7. The third kappa shape index (κ3) is 6.12. The van der Waals surface area contributed by atoms with Crippen LogP contribution in [0.3, 0.4) is 0 Å². The lowest BCUT2D eigenvalue weighted by molar-refractivity contribution is 1.29. The Bertz CT molecular complexity index is 3160. The molecule has 258 valence electrons. The maximum absolute atomic E-state index is 9.53. The van der Waals surface area contributed by atoms with Crippen molar-refractivity contribution in [2.75, 3.05) is 4.90 Å². The third-order valence-electron chi connectivity index (χ3n) is 10.5. The van der Waals surface area contributed by atoms with Crippen LogP contribution in [0.1, 0.15) is 5.48 Å². The first-order valence-electron chi connectivity index (χ1n) is 20.6. The van der Waals surface area contributed by atoms with E-state index in [-0.39, 0.29) is 35.4 Å². The molecular formula is C54H37N. The summed E-state index contributed by atoms with van der Waals surface area (Å²) in [5.41, 5.74) is 9.07. The third-order valence-corrected chi connectivity index (χ3v) is 10.5. The summed E-state index contributed by atoms with van der Waals surface area (Å²) in [7, 11) is 0. The van der Waals surface area contributed by atoms with Gasteiger partial charge in [0.15, 0.2) is 0 Å². The van der Waals surface area contributed by atoms with Crippen LogP contribution in [0.2, 0.25) is 0 Å². The Hall–Kier alpha value is -7.22. The van der Waals surface area contributed by atoms with Gasteiger partial charge < -0.3 is 4.90 Å². The number of anilines is 3. The summed E-state index contributed by atoms with van der Waals surface area (Å²) < 4.78 is 37.8. The van der Waals surface area contributed by atoms with E-state index in [9.17, 15) is 5.48 Å². The fourth-order valence-corrected chi connectivity index (χ4v) is 7.80. The Morgan fingerprint density at radius 2 is 0.836 bits per heavy atom. The minimum absolute atomic E-state index is 0.0926. The van der Waals surface area contributed by atoms with Gasteiger partial charge in [-0.3, -0.25) is 0 Å².